The van der Waals surface area contributed by atoms with Gasteiger partial charge in [-0.05, 0) is 18.4 Å². The molecule has 0 amide bonds. The molecule has 0 saturated carbocycles. The Bertz CT molecular complexity index is 448. The standard InChI is InChI=1S/C19H28O4/c1-4-6-13-22-18(20)17(19(21)23-14-7-5-2)15(3)16-11-9-8-10-12-16/h8-12,15,17H,4-7,13-14H2,1-3H3. The first-order chi connectivity index (χ1) is 11.1. The van der Waals surface area contributed by atoms with Crippen molar-refractivity contribution in [3.05, 3.63) is 35.9 Å². The highest BCUT2D eigenvalue weighted by molar-refractivity contribution is 5.96. The molecule has 0 aliphatic heterocycles. The van der Waals surface area contributed by atoms with Crippen LogP contribution in [0.25, 0.3) is 0 Å². The largest absolute Gasteiger partial charge is 0.465 e. The average molecular weight is 320 g/mol. The van der Waals surface area contributed by atoms with Crippen LogP contribution in [0, 0.1) is 5.92 Å². The zero-order valence-electron chi connectivity index (χ0n) is 14.4. The van der Waals surface area contributed by atoms with Crippen LogP contribution in [0.4, 0.5) is 0 Å². The number of hydrogen-bond acceptors (Lipinski definition) is 4. The lowest BCUT2D eigenvalue weighted by atomic mass is 9.87. The minimum atomic E-state index is -0.911. The van der Waals surface area contributed by atoms with E-state index < -0.39 is 17.9 Å². The normalized spacial score (nSPS) is 12.0. The van der Waals surface area contributed by atoms with Crippen molar-refractivity contribution in [2.24, 2.45) is 5.92 Å². The van der Waals surface area contributed by atoms with E-state index in [2.05, 4.69) is 0 Å². The molecule has 4 heteroatoms. The van der Waals surface area contributed by atoms with Gasteiger partial charge in [0.25, 0.3) is 0 Å². The third-order valence-corrected chi connectivity index (χ3v) is 3.82. The van der Waals surface area contributed by atoms with E-state index in [1.54, 1.807) is 0 Å². The Labute approximate surface area is 139 Å². The lowest BCUT2D eigenvalue weighted by Crippen LogP contribution is -2.32. The highest BCUT2D eigenvalue weighted by atomic mass is 16.6. The summed E-state index contributed by atoms with van der Waals surface area (Å²) in [6, 6.07) is 9.53. The van der Waals surface area contributed by atoms with Gasteiger partial charge in [0.05, 0.1) is 13.2 Å². The van der Waals surface area contributed by atoms with Crippen LogP contribution in [-0.2, 0) is 19.1 Å². The molecule has 0 heterocycles. The van der Waals surface area contributed by atoms with Crippen LogP contribution in [0.1, 0.15) is 57.9 Å². The lowest BCUT2D eigenvalue weighted by molar-refractivity contribution is -0.163. The monoisotopic (exact) mass is 320 g/mol. The number of ether oxygens (including phenoxy) is 2. The number of benzene rings is 1. The molecular weight excluding hydrogens is 292 g/mol. The topological polar surface area (TPSA) is 52.6 Å². The van der Waals surface area contributed by atoms with Crippen molar-refractivity contribution in [2.75, 3.05) is 13.2 Å². The van der Waals surface area contributed by atoms with Gasteiger partial charge in [0.1, 0.15) is 0 Å². The Kier molecular flexibility index (Phi) is 9.03. The van der Waals surface area contributed by atoms with Gasteiger partial charge in [0.2, 0.25) is 0 Å². The van der Waals surface area contributed by atoms with Crippen molar-refractivity contribution >= 4 is 11.9 Å². The third-order valence-electron chi connectivity index (χ3n) is 3.82. The minimum absolute atomic E-state index is 0.278. The Balaban J connectivity index is 2.82. The molecule has 0 aliphatic rings. The van der Waals surface area contributed by atoms with E-state index >= 15 is 0 Å². The molecule has 128 valence electrons. The molecule has 0 aromatic heterocycles. The molecule has 4 nitrogen and oxygen atoms in total. The van der Waals surface area contributed by atoms with Crippen molar-refractivity contribution in [3.63, 3.8) is 0 Å². The van der Waals surface area contributed by atoms with Crippen LogP contribution >= 0.6 is 0 Å². The zero-order chi connectivity index (χ0) is 17.1. The van der Waals surface area contributed by atoms with Gasteiger partial charge < -0.3 is 9.47 Å². The maximum atomic E-state index is 12.4. The van der Waals surface area contributed by atoms with Crippen molar-refractivity contribution in [1.29, 1.82) is 0 Å². The van der Waals surface area contributed by atoms with Crippen LogP contribution in [0.15, 0.2) is 30.3 Å². The minimum Gasteiger partial charge on any atom is -0.465 e. The second-order valence-electron chi connectivity index (χ2n) is 5.72. The summed E-state index contributed by atoms with van der Waals surface area (Å²) in [5.41, 5.74) is 0.928. The second-order valence-corrected chi connectivity index (χ2v) is 5.72. The molecule has 1 unspecified atom stereocenters. The Morgan fingerprint density at radius 1 is 0.913 bits per heavy atom. The highest BCUT2D eigenvalue weighted by Crippen LogP contribution is 2.26. The summed E-state index contributed by atoms with van der Waals surface area (Å²) in [5.74, 6) is -2.17. The first-order valence-corrected chi connectivity index (χ1v) is 8.50. The van der Waals surface area contributed by atoms with E-state index in [4.69, 9.17) is 9.47 Å². The summed E-state index contributed by atoms with van der Waals surface area (Å²) in [7, 11) is 0. The van der Waals surface area contributed by atoms with Crippen molar-refractivity contribution < 1.29 is 19.1 Å². The van der Waals surface area contributed by atoms with Crippen molar-refractivity contribution in [1.82, 2.24) is 0 Å². The molecule has 1 aromatic carbocycles. The molecular formula is C19H28O4. The average Bonchev–Trinajstić information content (AvgIpc) is 2.56. The highest BCUT2D eigenvalue weighted by Gasteiger charge is 2.35. The van der Waals surface area contributed by atoms with Gasteiger partial charge in [-0.15, -0.1) is 0 Å². The van der Waals surface area contributed by atoms with Crippen LogP contribution in [0.5, 0.6) is 0 Å². The van der Waals surface area contributed by atoms with Gasteiger partial charge in [-0.1, -0.05) is 63.9 Å². The fourth-order valence-corrected chi connectivity index (χ4v) is 2.27. The van der Waals surface area contributed by atoms with Gasteiger partial charge in [0.15, 0.2) is 5.92 Å². The van der Waals surface area contributed by atoms with E-state index in [1.807, 2.05) is 51.1 Å². The molecule has 1 aromatic rings. The van der Waals surface area contributed by atoms with Gasteiger partial charge in [-0.25, -0.2) is 0 Å². The SMILES string of the molecule is CCCCOC(=O)C(C(=O)OCCCC)C(C)c1ccccc1. The number of esters is 2. The number of unbranched alkanes of at least 4 members (excludes halogenated alkanes) is 2. The van der Waals surface area contributed by atoms with E-state index in [9.17, 15) is 9.59 Å². The van der Waals surface area contributed by atoms with E-state index in [1.165, 1.54) is 0 Å². The predicted octanol–water partition coefficient (Wildman–Crippen LogP) is 4.09. The van der Waals surface area contributed by atoms with E-state index in [0.29, 0.717) is 13.2 Å². The second kappa shape index (κ2) is 10.8. The van der Waals surface area contributed by atoms with Crippen LogP contribution in [0.2, 0.25) is 0 Å². The smallest absolute Gasteiger partial charge is 0.320 e. The fraction of sp³-hybridized carbons (Fsp3) is 0.579. The van der Waals surface area contributed by atoms with Crippen LogP contribution in [-0.4, -0.2) is 25.2 Å². The quantitative estimate of drug-likeness (QED) is 0.370. The fourth-order valence-electron chi connectivity index (χ4n) is 2.27. The van der Waals surface area contributed by atoms with Crippen molar-refractivity contribution in [3.8, 4) is 0 Å². The molecule has 0 fully saturated rings. The number of rotatable bonds is 10. The molecule has 0 spiro atoms. The number of carbonyl (C=O) groups is 2. The van der Waals surface area contributed by atoms with Gasteiger partial charge in [0, 0.05) is 5.92 Å². The van der Waals surface area contributed by atoms with Crippen LogP contribution in [0.3, 0.4) is 0 Å². The van der Waals surface area contributed by atoms with Gasteiger partial charge in [-0.2, -0.15) is 0 Å². The molecule has 1 atom stereocenters. The molecule has 0 N–H and O–H groups in total. The first-order valence-electron chi connectivity index (χ1n) is 8.50. The van der Waals surface area contributed by atoms with Crippen LogP contribution < -0.4 is 0 Å². The summed E-state index contributed by atoms with van der Waals surface area (Å²) in [6.45, 7) is 6.60. The zero-order valence-corrected chi connectivity index (χ0v) is 14.4. The summed E-state index contributed by atoms with van der Waals surface area (Å²) in [6.07, 6.45) is 3.46. The summed E-state index contributed by atoms with van der Waals surface area (Å²) >= 11 is 0. The van der Waals surface area contributed by atoms with Crippen molar-refractivity contribution in [2.45, 2.75) is 52.4 Å². The third kappa shape index (κ3) is 6.43. The number of carbonyl (C=O) groups excluding carboxylic acids is 2. The Morgan fingerprint density at radius 3 is 1.83 bits per heavy atom. The van der Waals surface area contributed by atoms with E-state index in [-0.39, 0.29) is 5.92 Å². The number of hydrogen-bond donors (Lipinski definition) is 0. The summed E-state index contributed by atoms with van der Waals surface area (Å²) in [4.78, 5) is 24.8. The van der Waals surface area contributed by atoms with Gasteiger partial charge >= 0.3 is 11.9 Å². The molecule has 0 aliphatic carbocycles. The summed E-state index contributed by atoms with van der Waals surface area (Å²) < 4.78 is 10.5. The molecule has 0 radical (unpaired) electrons. The maximum Gasteiger partial charge on any atom is 0.320 e. The van der Waals surface area contributed by atoms with E-state index in [0.717, 1.165) is 31.2 Å². The molecule has 1 rings (SSSR count). The predicted molar refractivity (Wildman–Crippen MR) is 90.1 cm³/mol. The first kappa shape index (κ1) is 19.2. The molecule has 0 bridgehead atoms. The van der Waals surface area contributed by atoms with Gasteiger partial charge in [-0.3, -0.25) is 9.59 Å². The maximum absolute atomic E-state index is 12.4. The molecule has 0 saturated heterocycles. The Morgan fingerprint density at radius 2 is 1.39 bits per heavy atom. The lowest BCUT2D eigenvalue weighted by Gasteiger charge is -2.21. The molecule has 23 heavy (non-hydrogen) atoms. The summed E-state index contributed by atoms with van der Waals surface area (Å²) in [5, 5.41) is 0. The Hall–Kier alpha value is -1.84.